The fourth-order valence-corrected chi connectivity index (χ4v) is 5.49. The molecule has 2 fully saturated rings. The lowest BCUT2D eigenvalue weighted by molar-refractivity contribution is -0.156. The summed E-state index contributed by atoms with van der Waals surface area (Å²) in [4.78, 5) is 24.8. The molecule has 1 aromatic heterocycles. The zero-order chi connectivity index (χ0) is 18.3. The number of hydrogen-bond acceptors (Lipinski definition) is 6. The van der Waals surface area contributed by atoms with Gasteiger partial charge in [-0.25, -0.2) is 4.79 Å². The Labute approximate surface area is 145 Å². The summed E-state index contributed by atoms with van der Waals surface area (Å²) >= 11 is 0. The first kappa shape index (κ1) is 16.8. The summed E-state index contributed by atoms with van der Waals surface area (Å²) in [6.45, 7) is 7.52. The smallest absolute Gasteiger partial charge is 0.336 e. The normalized spacial score (nSPS) is 42.1. The minimum Gasteiger partial charge on any atom is -0.458 e. The zero-order valence-electron chi connectivity index (χ0n) is 14.9. The van der Waals surface area contributed by atoms with Crippen LogP contribution in [0.3, 0.4) is 0 Å². The molecule has 1 aromatic rings. The molecule has 2 aliphatic carbocycles. The molecule has 0 amide bonds. The van der Waals surface area contributed by atoms with Crippen LogP contribution in [-0.2, 0) is 14.9 Å². The van der Waals surface area contributed by atoms with Gasteiger partial charge in [-0.3, -0.25) is 4.79 Å². The van der Waals surface area contributed by atoms with Crippen molar-refractivity contribution in [3.63, 3.8) is 0 Å². The number of carbonyl (C=O) groups excluding carboxylic acids is 1. The minimum atomic E-state index is -1.08. The number of aliphatic hydroxyl groups is 2. The van der Waals surface area contributed by atoms with Gasteiger partial charge in [0.2, 0.25) is 0 Å². The first-order valence-electron chi connectivity index (χ1n) is 8.88. The highest BCUT2D eigenvalue weighted by Gasteiger charge is 2.70. The Morgan fingerprint density at radius 3 is 2.56 bits per heavy atom. The molecule has 1 aliphatic heterocycles. The van der Waals surface area contributed by atoms with Gasteiger partial charge in [0.05, 0.1) is 11.5 Å². The van der Waals surface area contributed by atoms with E-state index in [1.807, 2.05) is 20.8 Å². The van der Waals surface area contributed by atoms with E-state index in [9.17, 15) is 19.8 Å². The predicted molar refractivity (Wildman–Crippen MR) is 88.1 cm³/mol. The van der Waals surface area contributed by atoms with Gasteiger partial charge >= 0.3 is 11.6 Å². The summed E-state index contributed by atoms with van der Waals surface area (Å²) in [5, 5.41) is 21.6. The zero-order valence-corrected chi connectivity index (χ0v) is 14.9. The van der Waals surface area contributed by atoms with Gasteiger partial charge in [0.15, 0.2) is 0 Å². The van der Waals surface area contributed by atoms with E-state index in [0.717, 1.165) is 5.56 Å². The second-order valence-corrected chi connectivity index (χ2v) is 8.46. The molecular weight excluding hydrogens is 324 g/mol. The molecule has 2 N–H and O–H groups in total. The van der Waals surface area contributed by atoms with Crippen molar-refractivity contribution < 1.29 is 24.2 Å². The van der Waals surface area contributed by atoms with Crippen LogP contribution in [0.1, 0.15) is 69.4 Å². The van der Waals surface area contributed by atoms with Crippen molar-refractivity contribution in [3.05, 3.63) is 33.4 Å². The number of esters is 1. The molecule has 3 aliphatic rings. The number of hydrogen-bond donors (Lipinski definition) is 2. The number of ether oxygens (including phenoxy) is 1. The summed E-state index contributed by atoms with van der Waals surface area (Å²) in [6, 6.07) is 1.45. The molecular formula is C19H24O6. The van der Waals surface area contributed by atoms with E-state index in [1.54, 1.807) is 6.92 Å². The van der Waals surface area contributed by atoms with Crippen LogP contribution in [0.15, 0.2) is 15.3 Å². The molecule has 0 spiro atoms. The Morgan fingerprint density at radius 2 is 1.92 bits per heavy atom. The van der Waals surface area contributed by atoms with Crippen LogP contribution in [0.5, 0.6) is 0 Å². The fraction of sp³-hybridized carbons (Fsp3) is 0.684. The van der Waals surface area contributed by atoms with Crippen LogP contribution >= 0.6 is 0 Å². The van der Waals surface area contributed by atoms with E-state index in [4.69, 9.17) is 9.15 Å². The third-order valence-corrected chi connectivity index (χ3v) is 6.75. The number of aliphatic hydroxyl groups excluding tert-OH is 2. The summed E-state index contributed by atoms with van der Waals surface area (Å²) in [5.74, 6) is -0.501. The summed E-state index contributed by atoms with van der Waals surface area (Å²) < 4.78 is 11.0. The van der Waals surface area contributed by atoms with Crippen molar-refractivity contribution in [2.24, 2.45) is 11.3 Å². The van der Waals surface area contributed by atoms with Gasteiger partial charge in [-0.05, 0) is 25.3 Å². The average Bonchev–Trinajstić information content (AvgIpc) is 2.83. The first-order chi connectivity index (χ1) is 11.6. The van der Waals surface area contributed by atoms with Crippen LogP contribution < -0.4 is 5.63 Å². The maximum absolute atomic E-state index is 12.6. The summed E-state index contributed by atoms with van der Waals surface area (Å²) in [5.41, 5.74) is -0.764. The highest BCUT2D eigenvalue weighted by atomic mass is 16.6. The average molecular weight is 348 g/mol. The van der Waals surface area contributed by atoms with E-state index in [0.29, 0.717) is 24.2 Å². The summed E-state index contributed by atoms with van der Waals surface area (Å²) in [6.07, 6.45) is -1.57. The largest absolute Gasteiger partial charge is 0.458 e. The molecule has 25 heavy (non-hydrogen) atoms. The molecule has 2 heterocycles. The van der Waals surface area contributed by atoms with Crippen LogP contribution in [0.2, 0.25) is 0 Å². The second-order valence-electron chi connectivity index (χ2n) is 8.46. The van der Waals surface area contributed by atoms with Gasteiger partial charge in [0.1, 0.15) is 18.0 Å². The summed E-state index contributed by atoms with van der Waals surface area (Å²) in [7, 11) is 0. The van der Waals surface area contributed by atoms with E-state index in [1.165, 1.54) is 6.07 Å². The highest BCUT2D eigenvalue weighted by Crippen LogP contribution is 2.63. The number of rotatable bonds is 1. The molecule has 0 bridgehead atoms. The van der Waals surface area contributed by atoms with Gasteiger partial charge in [-0.1, -0.05) is 20.8 Å². The molecule has 136 valence electrons. The third-order valence-electron chi connectivity index (χ3n) is 6.75. The molecule has 4 rings (SSSR count). The predicted octanol–water partition coefficient (Wildman–Crippen LogP) is 1.77. The standard InChI is InChI=1S/C19H24O6/c1-8(2)14-12-9(7-11(21)24-14)18(3)6-5-10(20)19(4)16(18)15(13(12)22)25-17(19)23/h7-8,10,13,15-16,20,22H,5-6H2,1-4H3/t10-,13+,15?,16?,18+,19-/m0/s1. The van der Waals surface area contributed by atoms with E-state index in [-0.39, 0.29) is 11.8 Å². The van der Waals surface area contributed by atoms with Crippen molar-refractivity contribution in [3.8, 4) is 0 Å². The highest BCUT2D eigenvalue weighted by molar-refractivity contribution is 5.81. The lowest BCUT2D eigenvalue weighted by atomic mass is 9.48. The quantitative estimate of drug-likeness (QED) is 0.751. The second kappa shape index (κ2) is 4.95. The number of fused-ring (bicyclic) bond motifs is 2. The molecule has 1 saturated carbocycles. The fourth-order valence-electron chi connectivity index (χ4n) is 5.49. The SMILES string of the molecule is CC(C)c1oc(=O)cc2c1[C@@H](O)C1OC(=O)[C@]3(C)C1[C@]2(C)CC[C@@H]3O. The molecule has 2 unspecified atom stereocenters. The van der Waals surface area contributed by atoms with Crippen LogP contribution in [0.25, 0.3) is 0 Å². The Morgan fingerprint density at radius 1 is 1.24 bits per heavy atom. The Bertz CT molecular complexity index is 811. The lowest BCUT2D eigenvalue weighted by Gasteiger charge is -2.53. The van der Waals surface area contributed by atoms with Crippen LogP contribution in [0.4, 0.5) is 0 Å². The van der Waals surface area contributed by atoms with Gasteiger partial charge in [-0.15, -0.1) is 0 Å². The molecule has 0 radical (unpaired) electrons. The van der Waals surface area contributed by atoms with Crippen molar-refractivity contribution >= 4 is 5.97 Å². The van der Waals surface area contributed by atoms with E-state index >= 15 is 0 Å². The van der Waals surface area contributed by atoms with Crippen LogP contribution in [-0.4, -0.2) is 28.4 Å². The van der Waals surface area contributed by atoms with Crippen molar-refractivity contribution in [2.75, 3.05) is 0 Å². The van der Waals surface area contributed by atoms with Crippen molar-refractivity contribution in [2.45, 2.75) is 70.2 Å². The van der Waals surface area contributed by atoms with Gasteiger partial charge in [0, 0.05) is 28.9 Å². The monoisotopic (exact) mass is 348 g/mol. The van der Waals surface area contributed by atoms with E-state index < -0.39 is 40.7 Å². The van der Waals surface area contributed by atoms with Gasteiger partial charge < -0.3 is 19.4 Å². The van der Waals surface area contributed by atoms with Crippen LogP contribution in [0, 0.1) is 11.3 Å². The Hall–Kier alpha value is -1.66. The van der Waals surface area contributed by atoms with Gasteiger partial charge in [0.25, 0.3) is 0 Å². The van der Waals surface area contributed by atoms with Crippen molar-refractivity contribution in [1.82, 2.24) is 0 Å². The van der Waals surface area contributed by atoms with Crippen molar-refractivity contribution in [1.29, 1.82) is 0 Å². The minimum absolute atomic E-state index is 0.0879. The lowest BCUT2D eigenvalue weighted by Crippen LogP contribution is -2.58. The Kier molecular flexibility index (Phi) is 3.32. The maximum Gasteiger partial charge on any atom is 0.336 e. The number of carbonyl (C=O) groups is 1. The molecule has 6 atom stereocenters. The third kappa shape index (κ3) is 1.87. The molecule has 1 saturated heterocycles. The molecule has 0 aromatic carbocycles. The maximum atomic E-state index is 12.6. The van der Waals surface area contributed by atoms with Gasteiger partial charge in [-0.2, -0.15) is 0 Å². The topological polar surface area (TPSA) is 97.0 Å². The Balaban J connectivity index is 2.04. The molecule has 6 heteroatoms. The van der Waals surface area contributed by atoms with E-state index in [2.05, 4.69) is 0 Å². The first-order valence-corrected chi connectivity index (χ1v) is 8.88. The molecule has 6 nitrogen and oxygen atoms in total.